The van der Waals surface area contributed by atoms with Gasteiger partial charge in [-0.05, 0) is 41.5 Å². The minimum atomic E-state index is -4.54. The lowest BCUT2D eigenvalue weighted by Gasteiger charge is -2.20. The molecule has 1 fully saturated rings. The summed E-state index contributed by atoms with van der Waals surface area (Å²) in [6.07, 6.45) is -1.99. The van der Waals surface area contributed by atoms with E-state index in [2.05, 4.69) is 4.72 Å². The molecule has 1 atom stereocenters. The highest BCUT2D eigenvalue weighted by Crippen LogP contribution is 2.39. The Morgan fingerprint density at radius 3 is 2.37 bits per heavy atom. The molecule has 3 aromatic rings. The second-order valence-corrected chi connectivity index (χ2v) is 12.2. The fourth-order valence-corrected chi connectivity index (χ4v) is 5.73. The van der Waals surface area contributed by atoms with Crippen molar-refractivity contribution < 1.29 is 31.5 Å². The third-order valence-electron chi connectivity index (χ3n) is 5.90. The van der Waals surface area contributed by atoms with Crippen LogP contribution in [-0.2, 0) is 27.5 Å². The highest BCUT2D eigenvalue weighted by Gasteiger charge is 2.40. The van der Waals surface area contributed by atoms with E-state index in [0.717, 1.165) is 6.07 Å². The number of carbonyl (C=O) groups is 1. The smallest absolute Gasteiger partial charge is 0.417 e. The third-order valence-corrected chi connectivity index (χ3v) is 7.82. The number of carboxylic acid groups (broad SMARTS) is 1. The van der Waals surface area contributed by atoms with Gasteiger partial charge >= 0.3 is 12.1 Å². The SMILES string of the molecule is CC(C)(C)Cn1cc([C@H](NS(=O)(=O)C2CC2)C(=O)O)c2ccc(-c3ccccc3C(F)(F)F)cc21. The Kier molecular flexibility index (Phi) is 6.25. The Morgan fingerprint density at radius 2 is 1.80 bits per heavy atom. The van der Waals surface area contributed by atoms with Crippen LogP contribution in [0, 0.1) is 5.41 Å². The van der Waals surface area contributed by atoms with E-state index in [4.69, 9.17) is 0 Å². The van der Waals surface area contributed by atoms with Crippen LogP contribution in [0.5, 0.6) is 0 Å². The summed E-state index contributed by atoms with van der Waals surface area (Å²) in [4.78, 5) is 12.1. The predicted octanol–water partition coefficient (Wildman–Crippen LogP) is 5.58. The summed E-state index contributed by atoms with van der Waals surface area (Å²) >= 11 is 0. The number of fused-ring (bicyclic) bond motifs is 1. The Morgan fingerprint density at radius 1 is 1.14 bits per heavy atom. The summed E-state index contributed by atoms with van der Waals surface area (Å²) in [6, 6.07) is 8.43. The number of aromatic nitrogens is 1. The van der Waals surface area contributed by atoms with Gasteiger partial charge in [0.25, 0.3) is 0 Å². The van der Waals surface area contributed by atoms with Gasteiger partial charge in [-0.1, -0.05) is 51.1 Å². The lowest BCUT2D eigenvalue weighted by molar-refractivity contribution is -0.139. The van der Waals surface area contributed by atoms with Crippen molar-refractivity contribution in [3.05, 3.63) is 59.8 Å². The van der Waals surface area contributed by atoms with Gasteiger partial charge in [0.15, 0.2) is 0 Å². The van der Waals surface area contributed by atoms with Crippen LogP contribution in [0.25, 0.3) is 22.0 Å². The Labute approximate surface area is 201 Å². The maximum Gasteiger partial charge on any atom is 0.417 e. The average Bonchev–Trinajstić information content (AvgIpc) is 3.55. The number of nitrogens with zero attached hydrogens (tertiary/aromatic N) is 1. The molecule has 1 heterocycles. The number of aliphatic carboxylic acids is 1. The Hall–Kier alpha value is -2.85. The molecule has 4 rings (SSSR count). The summed E-state index contributed by atoms with van der Waals surface area (Å²) in [5.74, 6) is -1.35. The van der Waals surface area contributed by atoms with E-state index in [-0.39, 0.29) is 16.5 Å². The minimum Gasteiger partial charge on any atom is -0.480 e. The number of rotatable bonds is 7. The first-order valence-corrected chi connectivity index (χ1v) is 12.8. The van der Waals surface area contributed by atoms with Crippen LogP contribution in [0.4, 0.5) is 13.2 Å². The first kappa shape index (κ1) is 25.2. The van der Waals surface area contributed by atoms with Crippen molar-refractivity contribution in [2.75, 3.05) is 0 Å². The number of alkyl halides is 3. The molecular formula is C25H27F3N2O4S. The van der Waals surface area contributed by atoms with E-state index in [1.807, 2.05) is 20.8 Å². The summed E-state index contributed by atoms with van der Waals surface area (Å²) in [5, 5.41) is 9.76. The van der Waals surface area contributed by atoms with Crippen molar-refractivity contribution in [1.29, 1.82) is 0 Å². The van der Waals surface area contributed by atoms with Gasteiger partial charge < -0.3 is 9.67 Å². The van der Waals surface area contributed by atoms with Crippen LogP contribution in [0.1, 0.15) is 50.8 Å². The summed E-state index contributed by atoms with van der Waals surface area (Å²) in [7, 11) is -3.81. The summed E-state index contributed by atoms with van der Waals surface area (Å²) in [6.45, 7) is 6.37. The summed E-state index contributed by atoms with van der Waals surface area (Å²) in [5.41, 5.74) is 0.105. The zero-order chi connectivity index (χ0) is 25.8. The van der Waals surface area contributed by atoms with Gasteiger partial charge in [0.1, 0.15) is 6.04 Å². The number of nitrogens with one attached hydrogen (secondary N) is 1. The first-order valence-electron chi connectivity index (χ1n) is 11.2. The average molecular weight is 509 g/mol. The third kappa shape index (κ3) is 5.38. The highest BCUT2D eigenvalue weighted by atomic mass is 32.2. The molecule has 1 aliphatic carbocycles. The second kappa shape index (κ2) is 8.67. The van der Waals surface area contributed by atoms with Crippen molar-refractivity contribution in [3.8, 4) is 11.1 Å². The molecule has 6 nitrogen and oxygen atoms in total. The van der Waals surface area contributed by atoms with Crippen molar-refractivity contribution in [1.82, 2.24) is 9.29 Å². The maximum absolute atomic E-state index is 13.6. The molecule has 1 aliphatic rings. The lowest BCUT2D eigenvalue weighted by atomic mass is 9.96. The van der Waals surface area contributed by atoms with Crippen LogP contribution < -0.4 is 4.72 Å². The van der Waals surface area contributed by atoms with Crippen molar-refractivity contribution in [3.63, 3.8) is 0 Å². The zero-order valence-electron chi connectivity index (χ0n) is 19.6. The van der Waals surface area contributed by atoms with Crippen LogP contribution in [0.15, 0.2) is 48.7 Å². The Bertz CT molecular complexity index is 1380. The number of sulfonamides is 1. The van der Waals surface area contributed by atoms with Gasteiger partial charge in [0.05, 0.1) is 10.8 Å². The minimum absolute atomic E-state index is 0.0104. The molecular weight excluding hydrogens is 481 g/mol. The van der Waals surface area contributed by atoms with Crippen molar-refractivity contribution >= 4 is 26.9 Å². The molecule has 0 radical (unpaired) electrons. The number of hydrogen-bond donors (Lipinski definition) is 2. The van der Waals surface area contributed by atoms with Gasteiger partial charge in [-0.15, -0.1) is 0 Å². The molecule has 0 unspecified atom stereocenters. The molecule has 188 valence electrons. The topological polar surface area (TPSA) is 88.4 Å². The van der Waals surface area contributed by atoms with E-state index in [0.29, 0.717) is 35.9 Å². The molecule has 2 aromatic carbocycles. The number of benzene rings is 2. The monoisotopic (exact) mass is 508 g/mol. The standard InChI is InChI=1S/C25H27F3N2O4S/c1-24(2,3)14-30-13-19(22(23(31)32)29-35(33,34)16-9-10-16)18-11-8-15(12-21(18)30)17-6-4-5-7-20(17)25(26,27)28/h4-8,11-13,16,22,29H,9-10,14H2,1-3H3,(H,31,32)/t22-/m0/s1. The van der Waals surface area contributed by atoms with Crippen molar-refractivity contribution in [2.24, 2.45) is 5.41 Å². The van der Waals surface area contributed by atoms with Gasteiger partial charge in [-0.3, -0.25) is 4.79 Å². The maximum atomic E-state index is 13.6. The highest BCUT2D eigenvalue weighted by molar-refractivity contribution is 7.90. The Balaban J connectivity index is 1.89. The molecule has 0 spiro atoms. The van der Waals surface area contributed by atoms with E-state index in [1.54, 1.807) is 22.9 Å². The molecule has 1 aromatic heterocycles. The fraction of sp³-hybridized carbons (Fsp3) is 0.400. The lowest BCUT2D eigenvalue weighted by Crippen LogP contribution is -2.35. The zero-order valence-corrected chi connectivity index (χ0v) is 20.4. The number of carboxylic acids is 1. The fourth-order valence-electron chi connectivity index (χ4n) is 4.23. The largest absolute Gasteiger partial charge is 0.480 e. The molecule has 1 saturated carbocycles. The molecule has 0 amide bonds. The van der Waals surface area contributed by atoms with E-state index >= 15 is 0 Å². The number of hydrogen-bond acceptors (Lipinski definition) is 3. The normalized spacial score (nSPS) is 15.9. The van der Waals surface area contributed by atoms with E-state index < -0.39 is 39.0 Å². The van der Waals surface area contributed by atoms with Gasteiger partial charge in [-0.25, -0.2) is 8.42 Å². The van der Waals surface area contributed by atoms with Crippen molar-refractivity contribution in [2.45, 2.75) is 57.6 Å². The van der Waals surface area contributed by atoms with Crippen LogP contribution in [0.3, 0.4) is 0 Å². The molecule has 0 bridgehead atoms. The quantitative estimate of drug-likeness (QED) is 0.436. The van der Waals surface area contributed by atoms with Crippen LogP contribution >= 0.6 is 0 Å². The number of halogens is 3. The second-order valence-electron chi connectivity index (χ2n) is 10.2. The van der Waals surface area contributed by atoms with Crippen LogP contribution in [0.2, 0.25) is 0 Å². The van der Waals surface area contributed by atoms with Gasteiger partial charge in [0.2, 0.25) is 10.0 Å². The predicted molar refractivity (Wildman–Crippen MR) is 127 cm³/mol. The van der Waals surface area contributed by atoms with Gasteiger partial charge in [0, 0.05) is 29.2 Å². The molecule has 0 saturated heterocycles. The molecule has 10 heteroatoms. The van der Waals surface area contributed by atoms with E-state index in [1.165, 1.54) is 24.3 Å². The first-order chi connectivity index (χ1) is 16.2. The van der Waals surface area contributed by atoms with Gasteiger partial charge in [-0.2, -0.15) is 17.9 Å². The van der Waals surface area contributed by atoms with Crippen LogP contribution in [-0.4, -0.2) is 29.3 Å². The summed E-state index contributed by atoms with van der Waals surface area (Å²) < 4.78 is 70.1. The molecule has 0 aliphatic heterocycles. The molecule has 35 heavy (non-hydrogen) atoms. The van der Waals surface area contributed by atoms with E-state index in [9.17, 15) is 31.5 Å². The molecule has 2 N–H and O–H groups in total.